The van der Waals surface area contributed by atoms with Crippen molar-refractivity contribution in [3.63, 3.8) is 0 Å². The summed E-state index contributed by atoms with van der Waals surface area (Å²) in [5.41, 5.74) is 7.72. The summed E-state index contributed by atoms with van der Waals surface area (Å²) in [7, 11) is 0. The topological polar surface area (TPSA) is 62.2 Å². The van der Waals surface area contributed by atoms with Crippen LogP contribution in [0.25, 0.3) is 0 Å². The maximum absolute atomic E-state index is 12.0. The molecule has 3 heterocycles. The Labute approximate surface area is 219 Å². The van der Waals surface area contributed by atoms with Gasteiger partial charge in [0.2, 0.25) is 5.91 Å². The molecule has 0 radical (unpaired) electrons. The van der Waals surface area contributed by atoms with Crippen LogP contribution in [0.15, 0.2) is 48.7 Å². The maximum Gasteiger partial charge on any atom is 0.224 e. The zero-order valence-electron chi connectivity index (χ0n) is 21.5. The second-order valence-electron chi connectivity index (χ2n) is 10.0. The monoisotopic (exact) mass is 501 g/mol. The first-order chi connectivity index (χ1) is 17.4. The van der Waals surface area contributed by atoms with Crippen LogP contribution in [-0.2, 0) is 4.79 Å². The normalized spacial score (nSPS) is 20.1. The van der Waals surface area contributed by atoms with Crippen LogP contribution in [0.3, 0.4) is 0 Å². The molecule has 1 aliphatic heterocycles. The molecule has 1 saturated heterocycles. The second-order valence-corrected chi connectivity index (χ2v) is 10.4. The number of thiocarbonyl (C=S) groups is 1. The number of pyridine rings is 1. The van der Waals surface area contributed by atoms with Gasteiger partial charge in [0.15, 0.2) is 5.11 Å². The standard InChI is InChI=1S/C29H35N5OS/c1-5-26(35)31-24-14-13-22(16-18(24)2)34-28(27(32-29(34)36)25-12-8-9-15-30-25)23-17-19(3)33(20(23)4)21-10-6-7-11-21/h8-9,12-17,21,27-28H,5-7,10-11H2,1-4H3,(H,31,35)(H,32,36)/t27-,28-/m0/s1. The van der Waals surface area contributed by atoms with Gasteiger partial charge in [-0.2, -0.15) is 0 Å². The summed E-state index contributed by atoms with van der Waals surface area (Å²) in [6.45, 7) is 8.37. The molecule has 5 rings (SSSR count). The molecular weight excluding hydrogens is 466 g/mol. The SMILES string of the molecule is CCC(=O)Nc1ccc(N2C(=S)N[C@@H](c3ccccn3)[C@@H]2c2cc(C)n(C3CCCC3)c2C)cc1C. The fourth-order valence-corrected chi connectivity index (χ4v) is 6.30. The van der Waals surface area contributed by atoms with Gasteiger partial charge in [0.1, 0.15) is 0 Å². The Morgan fingerprint density at radius 1 is 1.14 bits per heavy atom. The summed E-state index contributed by atoms with van der Waals surface area (Å²) in [6, 6.07) is 15.0. The quantitative estimate of drug-likeness (QED) is 0.380. The molecule has 2 aliphatic rings. The summed E-state index contributed by atoms with van der Waals surface area (Å²) in [6.07, 6.45) is 7.38. The van der Waals surface area contributed by atoms with Crippen molar-refractivity contribution in [2.45, 2.75) is 77.9 Å². The predicted octanol–water partition coefficient (Wildman–Crippen LogP) is 6.45. The number of aromatic nitrogens is 2. The fourth-order valence-electron chi connectivity index (χ4n) is 5.95. The average Bonchev–Trinajstić information content (AvgIpc) is 3.58. The van der Waals surface area contributed by atoms with Crippen molar-refractivity contribution >= 4 is 34.6 Å². The first kappa shape index (κ1) is 24.5. The van der Waals surface area contributed by atoms with Crippen molar-refractivity contribution in [2.24, 2.45) is 0 Å². The van der Waals surface area contributed by atoms with Gasteiger partial charge in [0.05, 0.1) is 17.8 Å². The average molecular weight is 502 g/mol. The van der Waals surface area contributed by atoms with Crippen LogP contribution in [0.4, 0.5) is 11.4 Å². The highest BCUT2D eigenvalue weighted by Crippen LogP contribution is 2.45. The molecule has 1 amide bonds. The Morgan fingerprint density at radius 3 is 2.58 bits per heavy atom. The summed E-state index contributed by atoms with van der Waals surface area (Å²) in [5.74, 6) is 0.0108. The molecule has 1 aliphatic carbocycles. The summed E-state index contributed by atoms with van der Waals surface area (Å²) in [4.78, 5) is 18.9. The molecular formula is C29H35N5OS. The molecule has 188 valence electrons. The van der Waals surface area contributed by atoms with Crippen molar-refractivity contribution < 1.29 is 4.79 Å². The van der Waals surface area contributed by atoms with E-state index in [0.717, 1.165) is 22.6 Å². The number of nitrogens with one attached hydrogen (secondary N) is 2. The van der Waals surface area contributed by atoms with Crippen molar-refractivity contribution in [1.29, 1.82) is 0 Å². The van der Waals surface area contributed by atoms with E-state index in [4.69, 9.17) is 17.2 Å². The van der Waals surface area contributed by atoms with E-state index in [2.05, 4.69) is 58.2 Å². The number of hydrogen-bond donors (Lipinski definition) is 2. The molecule has 2 N–H and O–H groups in total. The van der Waals surface area contributed by atoms with Crippen LogP contribution in [0.2, 0.25) is 0 Å². The third kappa shape index (κ3) is 4.41. The Morgan fingerprint density at radius 2 is 1.92 bits per heavy atom. The fraction of sp³-hybridized carbons (Fsp3) is 0.414. The lowest BCUT2D eigenvalue weighted by molar-refractivity contribution is -0.115. The summed E-state index contributed by atoms with van der Waals surface area (Å²) < 4.78 is 2.55. The number of hydrogen-bond acceptors (Lipinski definition) is 3. The summed E-state index contributed by atoms with van der Waals surface area (Å²) in [5, 5.41) is 7.27. The van der Waals surface area contributed by atoms with E-state index in [-0.39, 0.29) is 18.0 Å². The molecule has 3 aromatic rings. The van der Waals surface area contributed by atoms with E-state index in [1.165, 1.54) is 42.6 Å². The van der Waals surface area contributed by atoms with Crippen LogP contribution < -0.4 is 15.5 Å². The van der Waals surface area contributed by atoms with E-state index in [0.29, 0.717) is 17.6 Å². The first-order valence-electron chi connectivity index (χ1n) is 13.0. The van der Waals surface area contributed by atoms with Crippen LogP contribution in [0, 0.1) is 20.8 Å². The lowest BCUT2D eigenvalue weighted by Gasteiger charge is -2.29. The third-order valence-corrected chi connectivity index (χ3v) is 8.03. The van der Waals surface area contributed by atoms with Crippen LogP contribution in [0.1, 0.15) is 85.4 Å². The molecule has 0 bridgehead atoms. The molecule has 2 aromatic heterocycles. The van der Waals surface area contributed by atoms with Crippen LogP contribution >= 0.6 is 12.2 Å². The molecule has 0 spiro atoms. The minimum absolute atomic E-state index is 0.0108. The number of benzene rings is 1. The van der Waals surface area contributed by atoms with Gasteiger partial charge in [-0.3, -0.25) is 9.78 Å². The van der Waals surface area contributed by atoms with E-state index < -0.39 is 0 Å². The highest BCUT2D eigenvalue weighted by Gasteiger charge is 2.42. The second kappa shape index (κ2) is 10.1. The van der Waals surface area contributed by atoms with Crippen molar-refractivity contribution in [1.82, 2.24) is 14.9 Å². The Kier molecular flexibility index (Phi) is 6.84. The van der Waals surface area contributed by atoms with E-state index >= 15 is 0 Å². The van der Waals surface area contributed by atoms with Crippen LogP contribution in [-0.4, -0.2) is 20.6 Å². The minimum Gasteiger partial charge on any atom is -0.351 e. The van der Waals surface area contributed by atoms with Gasteiger partial charge in [0.25, 0.3) is 0 Å². The highest BCUT2D eigenvalue weighted by atomic mass is 32.1. The van der Waals surface area contributed by atoms with Gasteiger partial charge in [-0.25, -0.2) is 0 Å². The molecule has 6 nitrogen and oxygen atoms in total. The number of rotatable bonds is 6. The van der Waals surface area contributed by atoms with E-state index in [1.807, 2.05) is 38.2 Å². The predicted molar refractivity (Wildman–Crippen MR) is 149 cm³/mol. The number of anilines is 2. The Balaban J connectivity index is 1.60. The molecule has 36 heavy (non-hydrogen) atoms. The molecule has 2 atom stereocenters. The molecule has 7 heteroatoms. The molecule has 1 saturated carbocycles. The number of carbonyl (C=O) groups excluding carboxylic acids is 1. The molecule has 1 aromatic carbocycles. The van der Waals surface area contributed by atoms with Crippen molar-refractivity contribution in [3.05, 3.63) is 76.9 Å². The van der Waals surface area contributed by atoms with Gasteiger partial charge < -0.3 is 20.1 Å². The number of aryl methyl sites for hydroxylation is 2. The van der Waals surface area contributed by atoms with E-state index in [1.54, 1.807) is 0 Å². The van der Waals surface area contributed by atoms with Gasteiger partial charge in [0, 0.05) is 41.4 Å². The zero-order chi connectivity index (χ0) is 25.4. The minimum atomic E-state index is -0.0731. The van der Waals surface area contributed by atoms with E-state index in [9.17, 15) is 4.79 Å². The van der Waals surface area contributed by atoms with Crippen molar-refractivity contribution in [3.8, 4) is 0 Å². The Hall–Kier alpha value is -3.19. The highest BCUT2D eigenvalue weighted by molar-refractivity contribution is 7.80. The van der Waals surface area contributed by atoms with Gasteiger partial charge >= 0.3 is 0 Å². The largest absolute Gasteiger partial charge is 0.351 e. The smallest absolute Gasteiger partial charge is 0.224 e. The lowest BCUT2D eigenvalue weighted by atomic mass is 9.96. The van der Waals surface area contributed by atoms with Gasteiger partial charge in [-0.1, -0.05) is 25.8 Å². The first-order valence-corrected chi connectivity index (χ1v) is 13.4. The third-order valence-electron chi connectivity index (χ3n) is 7.71. The maximum atomic E-state index is 12.0. The number of carbonyl (C=O) groups is 1. The van der Waals surface area contributed by atoms with Crippen LogP contribution in [0.5, 0.6) is 0 Å². The number of amides is 1. The number of nitrogens with zero attached hydrogens (tertiary/aromatic N) is 3. The lowest BCUT2D eigenvalue weighted by Crippen LogP contribution is -2.29. The zero-order valence-corrected chi connectivity index (χ0v) is 22.4. The molecule has 2 fully saturated rings. The van der Waals surface area contributed by atoms with Gasteiger partial charge in [-0.05, 0) is 93.4 Å². The summed E-state index contributed by atoms with van der Waals surface area (Å²) >= 11 is 5.94. The Bertz CT molecular complexity index is 1280. The molecule has 0 unspecified atom stereocenters. The van der Waals surface area contributed by atoms with Crippen molar-refractivity contribution in [2.75, 3.05) is 10.2 Å². The van der Waals surface area contributed by atoms with Gasteiger partial charge in [-0.15, -0.1) is 0 Å².